The zero-order valence-electron chi connectivity index (χ0n) is 21.2. The molecule has 206 valence electrons. The van der Waals surface area contributed by atoms with Gasteiger partial charge >= 0.3 is 5.97 Å². The lowest BCUT2D eigenvalue weighted by molar-refractivity contribution is -0.231. The van der Waals surface area contributed by atoms with E-state index in [2.05, 4.69) is 15.3 Å². The molecule has 3 aromatic rings. The van der Waals surface area contributed by atoms with E-state index in [1.165, 1.54) is 6.20 Å². The van der Waals surface area contributed by atoms with E-state index in [0.717, 1.165) is 0 Å². The number of hydrogen-bond donors (Lipinski definition) is 5. The number of rotatable bonds is 8. The Labute approximate surface area is 225 Å². The fourth-order valence-corrected chi connectivity index (χ4v) is 4.27. The molecule has 12 heteroatoms. The van der Waals surface area contributed by atoms with E-state index < -0.39 is 43.1 Å². The summed E-state index contributed by atoms with van der Waals surface area (Å²) in [5.41, 5.74) is 2.89. The molecule has 0 unspecified atom stereocenters. The van der Waals surface area contributed by atoms with Crippen LogP contribution in [-0.4, -0.2) is 80.6 Å². The van der Waals surface area contributed by atoms with E-state index in [9.17, 15) is 25.2 Å². The largest absolute Gasteiger partial charge is 0.492 e. The number of halogens is 1. The summed E-state index contributed by atoms with van der Waals surface area (Å²) >= 11 is 0. The van der Waals surface area contributed by atoms with E-state index in [0.29, 0.717) is 46.0 Å². The van der Waals surface area contributed by atoms with Crippen molar-refractivity contribution in [3.63, 3.8) is 0 Å². The van der Waals surface area contributed by atoms with Crippen molar-refractivity contribution in [3.05, 3.63) is 53.3 Å². The number of pyridine rings is 2. The second-order valence-corrected chi connectivity index (χ2v) is 8.64. The fraction of sp³-hybridized carbons (Fsp3) is 0.423. The van der Waals surface area contributed by atoms with Crippen molar-refractivity contribution in [3.8, 4) is 5.75 Å². The summed E-state index contributed by atoms with van der Waals surface area (Å²) in [7, 11) is 0. The monoisotopic (exact) mass is 549 g/mol. The number of anilines is 2. The number of aliphatic hydroxyl groups excluding tert-OH is 4. The minimum atomic E-state index is -1.47. The summed E-state index contributed by atoms with van der Waals surface area (Å²) < 4.78 is 16.6. The maximum absolute atomic E-state index is 12.7. The molecule has 0 saturated carbocycles. The zero-order chi connectivity index (χ0) is 26.7. The number of carbonyl (C=O) groups is 1. The van der Waals surface area contributed by atoms with E-state index >= 15 is 0 Å². The number of aryl methyl sites for hydroxylation is 1. The number of nitrogens with one attached hydrogen (secondary N) is 1. The van der Waals surface area contributed by atoms with Crippen LogP contribution in [0.25, 0.3) is 11.0 Å². The van der Waals surface area contributed by atoms with Gasteiger partial charge in [0.25, 0.3) is 0 Å². The third kappa shape index (κ3) is 5.83. The van der Waals surface area contributed by atoms with E-state index in [1.54, 1.807) is 37.3 Å². The summed E-state index contributed by atoms with van der Waals surface area (Å²) in [6.07, 6.45) is -4.84. The molecule has 5 atom stereocenters. The molecular formula is C26H32ClN3O8. The van der Waals surface area contributed by atoms with E-state index in [4.69, 9.17) is 14.2 Å². The molecule has 1 saturated heterocycles. The molecule has 1 aliphatic heterocycles. The van der Waals surface area contributed by atoms with Crippen molar-refractivity contribution in [2.24, 2.45) is 0 Å². The molecule has 2 aromatic heterocycles. The van der Waals surface area contributed by atoms with Crippen molar-refractivity contribution in [2.75, 3.05) is 25.1 Å². The molecule has 1 fully saturated rings. The van der Waals surface area contributed by atoms with Crippen LogP contribution in [0.15, 0.2) is 36.5 Å². The number of carbonyl (C=O) groups excluding carboxylic acids is 1. The number of hydrogen-bond acceptors (Lipinski definition) is 11. The second-order valence-electron chi connectivity index (χ2n) is 8.64. The lowest BCUT2D eigenvalue weighted by atomic mass is 9.91. The van der Waals surface area contributed by atoms with Crippen molar-refractivity contribution in [2.45, 2.75) is 51.3 Å². The first-order valence-corrected chi connectivity index (χ1v) is 12.1. The van der Waals surface area contributed by atoms with Gasteiger partial charge in [-0.25, -0.2) is 14.8 Å². The zero-order valence-corrected chi connectivity index (χ0v) is 22.0. The molecule has 3 heterocycles. The minimum Gasteiger partial charge on any atom is -0.492 e. The minimum absolute atomic E-state index is 0. The predicted octanol–water partition coefficient (Wildman–Crippen LogP) is 2.19. The highest BCUT2D eigenvalue weighted by molar-refractivity contribution is 6.05. The van der Waals surface area contributed by atoms with Crippen LogP contribution in [-0.2, 0) is 9.47 Å². The van der Waals surface area contributed by atoms with Gasteiger partial charge in [-0.1, -0.05) is 12.1 Å². The van der Waals surface area contributed by atoms with E-state index in [1.807, 2.05) is 13.8 Å². The number of benzene rings is 1. The van der Waals surface area contributed by atoms with Gasteiger partial charge in [-0.15, -0.1) is 12.4 Å². The van der Waals surface area contributed by atoms with Crippen LogP contribution in [0, 0.1) is 6.92 Å². The van der Waals surface area contributed by atoms with Gasteiger partial charge < -0.3 is 40.0 Å². The average molecular weight is 550 g/mol. The molecule has 1 aliphatic rings. The summed E-state index contributed by atoms with van der Waals surface area (Å²) in [5, 5.41) is 43.9. The normalized spacial score (nSPS) is 23.0. The van der Waals surface area contributed by atoms with Gasteiger partial charge in [-0.05, 0) is 44.5 Å². The van der Waals surface area contributed by atoms with Crippen LogP contribution in [0.3, 0.4) is 0 Å². The third-order valence-electron chi connectivity index (χ3n) is 6.20. The standard InChI is InChI=1S/C26H31N3O8.ClH/c1-4-35-18-10-16-20(17(26(34)36-5-2)11-27-25(16)28-13(18)3)29-15-8-6-14(7-9-15)24-23(33)22(32)21(31)19(12-30)37-24;/h6-11,19,21-24,30-33H,4-5,12H2,1-3H3,(H,27,28,29);1H/t19-,21+,22+,23-,24+;/m1./s1. The number of fused-ring (bicyclic) bond motifs is 1. The van der Waals surface area contributed by atoms with Crippen molar-refractivity contribution < 1.29 is 39.4 Å². The maximum Gasteiger partial charge on any atom is 0.341 e. The first-order valence-electron chi connectivity index (χ1n) is 12.1. The molecular weight excluding hydrogens is 518 g/mol. The van der Waals surface area contributed by atoms with Crippen LogP contribution >= 0.6 is 12.4 Å². The molecule has 0 aliphatic carbocycles. The van der Waals surface area contributed by atoms with Crippen molar-refractivity contribution >= 4 is 40.8 Å². The van der Waals surface area contributed by atoms with Gasteiger partial charge in [0, 0.05) is 17.3 Å². The van der Waals surface area contributed by atoms with Crippen LogP contribution in [0.4, 0.5) is 11.4 Å². The van der Waals surface area contributed by atoms with Gasteiger partial charge in [0.05, 0.1) is 31.2 Å². The Morgan fingerprint density at radius 2 is 1.79 bits per heavy atom. The highest BCUT2D eigenvalue weighted by Crippen LogP contribution is 2.35. The summed E-state index contributed by atoms with van der Waals surface area (Å²) in [6, 6.07) is 8.56. The van der Waals surface area contributed by atoms with E-state index in [-0.39, 0.29) is 24.6 Å². The van der Waals surface area contributed by atoms with Gasteiger partial charge in [0.1, 0.15) is 41.8 Å². The molecule has 4 rings (SSSR count). The van der Waals surface area contributed by atoms with Crippen molar-refractivity contribution in [1.29, 1.82) is 0 Å². The van der Waals surface area contributed by atoms with Gasteiger partial charge in [-0.2, -0.15) is 0 Å². The Morgan fingerprint density at radius 3 is 2.42 bits per heavy atom. The topological polar surface area (TPSA) is 163 Å². The molecule has 11 nitrogen and oxygen atoms in total. The fourth-order valence-electron chi connectivity index (χ4n) is 4.27. The molecule has 0 bridgehead atoms. The number of aliphatic hydroxyl groups is 4. The number of esters is 1. The SMILES string of the molecule is CCOC(=O)c1cnc2nc(C)c(OCC)cc2c1Nc1ccc([C@@H]2O[C@H](CO)[C@H](O)[C@H](O)[C@H]2O)cc1.Cl. The quantitative estimate of drug-likeness (QED) is 0.262. The summed E-state index contributed by atoms with van der Waals surface area (Å²) in [4.78, 5) is 21.6. The number of nitrogens with zero attached hydrogens (tertiary/aromatic N) is 2. The number of ether oxygens (including phenoxy) is 3. The molecule has 0 radical (unpaired) electrons. The molecule has 0 spiro atoms. The number of aromatic nitrogens is 2. The first-order chi connectivity index (χ1) is 17.8. The van der Waals surface area contributed by atoms with Gasteiger partial charge in [-0.3, -0.25) is 0 Å². The summed E-state index contributed by atoms with van der Waals surface area (Å²) in [6.45, 7) is 5.53. The Balaban J connectivity index is 0.00000400. The maximum atomic E-state index is 12.7. The third-order valence-corrected chi connectivity index (χ3v) is 6.20. The Hall–Kier alpha value is -3.06. The van der Waals surface area contributed by atoms with Crippen LogP contribution in [0.1, 0.15) is 41.6 Å². The molecule has 0 amide bonds. The molecule has 1 aromatic carbocycles. The van der Waals surface area contributed by atoms with Crippen LogP contribution in [0.5, 0.6) is 5.75 Å². The highest BCUT2D eigenvalue weighted by atomic mass is 35.5. The van der Waals surface area contributed by atoms with Gasteiger partial charge in [0.15, 0.2) is 5.65 Å². The van der Waals surface area contributed by atoms with Gasteiger partial charge in [0.2, 0.25) is 0 Å². The Bertz CT molecular complexity index is 1260. The highest BCUT2D eigenvalue weighted by Gasteiger charge is 2.43. The second kappa shape index (κ2) is 12.7. The van der Waals surface area contributed by atoms with Crippen molar-refractivity contribution in [1.82, 2.24) is 9.97 Å². The summed E-state index contributed by atoms with van der Waals surface area (Å²) in [5.74, 6) is 0.0229. The Morgan fingerprint density at radius 1 is 1.08 bits per heavy atom. The lowest BCUT2D eigenvalue weighted by Gasteiger charge is -2.40. The average Bonchev–Trinajstić information content (AvgIpc) is 2.89. The van der Waals surface area contributed by atoms with Crippen LogP contribution < -0.4 is 10.1 Å². The lowest BCUT2D eigenvalue weighted by Crippen LogP contribution is -2.55. The first kappa shape index (κ1) is 29.5. The Kier molecular flexibility index (Phi) is 9.82. The molecule has 5 N–H and O–H groups in total. The smallest absolute Gasteiger partial charge is 0.341 e. The van der Waals surface area contributed by atoms with Crippen LogP contribution in [0.2, 0.25) is 0 Å². The molecule has 38 heavy (non-hydrogen) atoms. The predicted molar refractivity (Wildman–Crippen MR) is 141 cm³/mol.